The molecule has 1 aromatic rings. The summed E-state index contributed by atoms with van der Waals surface area (Å²) in [6, 6.07) is 12.5. The zero-order chi connectivity index (χ0) is 13.1. The van der Waals surface area contributed by atoms with Crippen LogP contribution in [0.15, 0.2) is 30.3 Å². The maximum absolute atomic E-state index is 3.81. The van der Waals surface area contributed by atoms with Gasteiger partial charge in [-0.1, -0.05) is 37.3 Å². The Labute approximate surface area is 111 Å². The van der Waals surface area contributed by atoms with Crippen LogP contribution in [-0.2, 0) is 0 Å². The molecule has 2 rings (SSSR count). The van der Waals surface area contributed by atoms with E-state index < -0.39 is 0 Å². The molecule has 0 bridgehead atoms. The number of hydrogen-bond acceptors (Lipinski definition) is 2. The molecule has 4 atom stereocenters. The third kappa shape index (κ3) is 3.12. The van der Waals surface area contributed by atoms with Crippen LogP contribution in [0, 0.1) is 5.92 Å². The van der Waals surface area contributed by atoms with Gasteiger partial charge in [0.1, 0.15) is 0 Å². The highest BCUT2D eigenvalue weighted by Crippen LogP contribution is 2.23. The quantitative estimate of drug-likeness (QED) is 0.882. The van der Waals surface area contributed by atoms with Crippen LogP contribution >= 0.6 is 0 Å². The lowest BCUT2D eigenvalue weighted by Crippen LogP contribution is -2.51. The summed E-state index contributed by atoms with van der Waals surface area (Å²) in [4.78, 5) is 2.47. The number of nitrogens with one attached hydrogen (secondary N) is 1. The molecule has 1 aliphatic heterocycles. The molecule has 100 valence electrons. The van der Waals surface area contributed by atoms with E-state index in [0.29, 0.717) is 18.1 Å². The Kier molecular flexibility index (Phi) is 4.41. The van der Waals surface area contributed by atoms with E-state index in [9.17, 15) is 0 Å². The van der Waals surface area contributed by atoms with Crippen molar-refractivity contribution >= 4 is 0 Å². The Balaban J connectivity index is 1.97. The molecule has 0 aliphatic carbocycles. The Hall–Kier alpha value is -0.860. The van der Waals surface area contributed by atoms with Crippen LogP contribution in [0.3, 0.4) is 0 Å². The minimum atomic E-state index is 0.439. The summed E-state index contributed by atoms with van der Waals surface area (Å²) in [5, 5.41) is 3.81. The molecule has 2 heteroatoms. The van der Waals surface area contributed by atoms with Gasteiger partial charge in [-0.3, -0.25) is 0 Å². The molecule has 0 aromatic heterocycles. The van der Waals surface area contributed by atoms with Crippen LogP contribution in [0.2, 0.25) is 0 Å². The van der Waals surface area contributed by atoms with Gasteiger partial charge in [-0.25, -0.2) is 0 Å². The minimum absolute atomic E-state index is 0.439. The fraction of sp³-hybridized carbons (Fsp3) is 0.625. The number of hydrogen-bond donors (Lipinski definition) is 1. The fourth-order valence-electron chi connectivity index (χ4n) is 2.93. The van der Waals surface area contributed by atoms with Gasteiger partial charge in [-0.2, -0.15) is 0 Å². The molecule has 1 aromatic carbocycles. The average molecular weight is 246 g/mol. The van der Waals surface area contributed by atoms with Crippen LogP contribution in [0.5, 0.6) is 0 Å². The fourth-order valence-corrected chi connectivity index (χ4v) is 2.93. The van der Waals surface area contributed by atoms with Gasteiger partial charge < -0.3 is 10.2 Å². The summed E-state index contributed by atoms with van der Waals surface area (Å²) in [7, 11) is 2.23. The first kappa shape index (κ1) is 13.6. The highest BCUT2D eigenvalue weighted by molar-refractivity contribution is 5.18. The van der Waals surface area contributed by atoms with E-state index in [-0.39, 0.29) is 0 Å². The van der Waals surface area contributed by atoms with E-state index in [2.05, 4.69) is 68.4 Å². The largest absolute Gasteiger partial charge is 0.307 e. The highest BCUT2D eigenvalue weighted by atomic mass is 15.2. The number of benzene rings is 1. The summed E-state index contributed by atoms with van der Waals surface area (Å²) in [6.45, 7) is 8.15. The van der Waals surface area contributed by atoms with Gasteiger partial charge in [0.05, 0.1) is 0 Å². The monoisotopic (exact) mass is 246 g/mol. The van der Waals surface area contributed by atoms with Crippen molar-refractivity contribution in [3.63, 3.8) is 0 Å². The number of nitrogens with zero attached hydrogens (tertiary/aromatic N) is 1. The van der Waals surface area contributed by atoms with Crippen LogP contribution in [-0.4, -0.2) is 30.6 Å². The smallest absolute Gasteiger partial charge is 0.0294 e. The van der Waals surface area contributed by atoms with E-state index in [1.807, 2.05) is 0 Å². The van der Waals surface area contributed by atoms with Gasteiger partial charge in [-0.15, -0.1) is 0 Å². The molecule has 0 saturated carbocycles. The van der Waals surface area contributed by atoms with E-state index in [0.717, 1.165) is 5.92 Å². The van der Waals surface area contributed by atoms with Crippen molar-refractivity contribution in [2.24, 2.45) is 5.92 Å². The van der Waals surface area contributed by atoms with E-state index >= 15 is 0 Å². The molecule has 18 heavy (non-hydrogen) atoms. The van der Waals surface area contributed by atoms with Crippen molar-refractivity contribution in [3.05, 3.63) is 35.9 Å². The second kappa shape index (κ2) is 5.85. The molecular weight excluding hydrogens is 220 g/mol. The molecule has 0 spiro atoms. The van der Waals surface area contributed by atoms with Gasteiger partial charge in [0.15, 0.2) is 0 Å². The average Bonchev–Trinajstić information content (AvgIpc) is 2.37. The lowest BCUT2D eigenvalue weighted by Gasteiger charge is -2.41. The third-order valence-corrected chi connectivity index (χ3v) is 4.37. The zero-order valence-electron chi connectivity index (χ0n) is 12.1. The maximum Gasteiger partial charge on any atom is 0.0294 e. The summed E-state index contributed by atoms with van der Waals surface area (Å²) >= 11 is 0. The second-order valence-corrected chi connectivity index (χ2v) is 5.91. The Morgan fingerprint density at radius 2 is 1.89 bits per heavy atom. The molecule has 0 radical (unpaired) electrons. The summed E-state index contributed by atoms with van der Waals surface area (Å²) in [5.74, 6) is 0.720. The predicted molar refractivity (Wildman–Crippen MR) is 77.7 cm³/mol. The highest BCUT2D eigenvalue weighted by Gasteiger charge is 2.29. The van der Waals surface area contributed by atoms with Gasteiger partial charge in [0, 0.05) is 24.7 Å². The second-order valence-electron chi connectivity index (χ2n) is 5.91. The first-order chi connectivity index (χ1) is 8.58. The van der Waals surface area contributed by atoms with Crippen molar-refractivity contribution in [1.82, 2.24) is 10.2 Å². The molecule has 2 nitrogen and oxygen atoms in total. The Morgan fingerprint density at radius 3 is 2.56 bits per heavy atom. The van der Waals surface area contributed by atoms with Gasteiger partial charge in [0.2, 0.25) is 0 Å². The molecule has 4 unspecified atom stereocenters. The summed E-state index contributed by atoms with van der Waals surface area (Å²) < 4.78 is 0. The van der Waals surface area contributed by atoms with Crippen molar-refractivity contribution in [1.29, 1.82) is 0 Å². The minimum Gasteiger partial charge on any atom is -0.307 e. The van der Waals surface area contributed by atoms with Gasteiger partial charge in [0.25, 0.3) is 0 Å². The van der Waals surface area contributed by atoms with Gasteiger partial charge >= 0.3 is 0 Å². The zero-order valence-corrected chi connectivity index (χ0v) is 12.1. The van der Waals surface area contributed by atoms with Crippen molar-refractivity contribution in [2.45, 2.75) is 45.3 Å². The van der Waals surface area contributed by atoms with E-state index in [1.165, 1.54) is 18.5 Å². The first-order valence-electron chi connectivity index (χ1n) is 7.09. The first-order valence-corrected chi connectivity index (χ1v) is 7.09. The van der Waals surface area contributed by atoms with Crippen LogP contribution in [0.1, 0.15) is 38.8 Å². The van der Waals surface area contributed by atoms with Crippen LogP contribution in [0.25, 0.3) is 0 Å². The molecule has 1 N–H and O–H groups in total. The van der Waals surface area contributed by atoms with Crippen molar-refractivity contribution in [3.8, 4) is 0 Å². The van der Waals surface area contributed by atoms with E-state index in [4.69, 9.17) is 0 Å². The Bertz CT molecular complexity index is 363. The number of rotatable bonds is 3. The number of likely N-dealkylation sites (tertiary alicyclic amines) is 1. The maximum atomic E-state index is 3.81. The molecule has 1 fully saturated rings. The number of piperidine rings is 1. The van der Waals surface area contributed by atoms with E-state index in [1.54, 1.807) is 0 Å². The standard InChI is InChI=1S/C16H26N2/c1-12-11-18(4)13(2)10-16(12)17-14(3)15-8-6-5-7-9-15/h5-9,12-14,16-17H,10-11H2,1-4H3. The molecule has 0 amide bonds. The molecular formula is C16H26N2. The molecule has 1 saturated heterocycles. The normalized spacial score (nSPS) is 31.2. The van der Waals surface area contributed by atoms with Crippen LogP contribution < -0.4 is 5.32 Å². The van der Waals surface area contributed by atoms with Crippen molar-refractivity contribution in [2.75, 3.05) is 13.6 Å². The lowest BCUT2D eigenvalue weighted by atomic mass is 9.89. The molecule has 1 aliphatic rings. The van der Waals surface area contributed by atoms with Crippen molar-refractivity contribution < 1.29 is 0 Å². The summed E-state index contributed by atoms with van der Waals surface area (Å²) in [6.07, 6.45) is 1.24. The predicted octanol–water partition coefficient (Wildman–Crippen LogP) is 3.07. The topological polar surface area (TPSA) is 15.3 Å². The summed E-state index contributed by atoms with van der Waals surface area (Å²) in [5.41, 5.74) is 1.39. The lowest BCUT2D eigenvalue weighted by molar-refractivity contribution is 0.116. The molecule has 1 heterocycles. The Morgan fingerprint density at radius 1 is 1.22 bits per heavy atom. The van der Waals surface area contributed by atoms with Gasteiger partial charge in [-0.05, 0) is 38.8 Å². The SMILES string of the molecule is CC(NC1CC(C)N(C)CC1C)c1ccccc1. The third-order valence-electron chi connectivity index (χ3n) is 4.37. The van der Waals surface area contributed by atoms with Crippen LogP contribution in [0.4, 0.5) is 0 Å².